The van der Waals surface area contributed by atoms with E-state index in [1.54, 1.807) is 0 Å². The number of thiol groups is 1. The molecule has 0 saturated carbocycles. The highest BCUT2D eigenvalue weighted by Crippen LogP contribution is 1.89. The monoisotopic (exact) mass is 207 g/mol. The van der Waals surface area contributed by atoms with Crippen LogP contribution in [-0.4, -0.2) is 34.6 Å². The maximum Gasteiger partial charge on any atom is 0.147 e. The maximum atomic E-state index is 10.3. The van der Waals surface area contributed by atoms with Gasteiger partial charge in [-0.3, -0.25) is 0 Å². The molecule has 0 radical (unpaired) electrons. The molecule has 1 atom stereocenters. The third-order valence-electron chi connectivity index (χ3n) is 1.39. The van der Waals surface area contributed by atoms with Crippen molar-refractivity contribution in [2.75, 3.05) is 12.4 Å². The Kier molecular flexibility index (Phi) is 6.38. The van der Waals surface area contributed by atoms with Crippen molar-refractivity contribution < 1.29 is 25.4 Å². The molecule has 0 aliphatic rings. The van der Waals surface area contributed by atoms with Gasteiger partial charge in [-0.15, -0.1) is 0 Å². The number of hydrogen-bond acceptors (Lipinski definition) is 5. The number of carboxylic acid groups (broad SMARTS) is 1. The lowest BCUT2D eigenvalue weighted by molar-refractivity contribution is -0.618. The topological polar surface area (TPSA) is 97.2 Å². The summed E-state index contributed by atoms with van der Waals surface area (Å²) in [6.45, 7) is -0.174. The molecule has 0 aromatic carbocycles. The first-order chi connectivity index (χ1) is 6.11. The maximum absolute atomic E-state index is 10.3. The van der Waals surface area contributed by atoms with Crippen LogP contribution in [0, 0.1) is 0 Å². The molecule has 0 aromatic rings. The van der Waals surface area contributed by atoms with Crippen LogP contribution in [0.1, 0.15) is 6.42 Å². The number of aliphatic hydroxyl groups excluding tert-OH is 2. The van der Waals surface area contributed by atoms with E-state index in [4.69, 9.17) is 10.2 Å². The van der Waals surface area contributed by atoms with Gasteiger partial charge in [0, 0.05) is 12.2 Å². The first kappa shape index (κ1) is 12.3. The van der Waals surface area contributed by atoms with Crippen LogP contribution in [-0.2, 0) is 4.79 Å². The average Bonchev–Trinajstić information content (AvgIpc) is 2.05. The van der Waals surface area contributed by atoms with Gasteiger partial charge in [-0.05, 0) is 0 Å². The standard InChI is InChI=1S/C7H13NO4S/c9-2-1-5(10)3-8-6(4-13)7(11)12/h3,6,8-10,13H,1-2,4H2,(H,11,12). The molecule has 5 nitrogen and oxygen atoms in total. The Morgan fingerprint density at radius 3 is 2.69 bits per heavy atom. The summed E-state index contributed by atoms with van der Waals surface area (Å²) in [5, 5.41) is 29.1. The molecule has 6 heteroatoms. The molecule has 0 bridgehead atoms. The fraction of sp³-hybridized carbons (Fsp3) is 0.571. The van der Waals surface area contributed by atoms with Gasteiger partial charge in [-0.25, -0.2) is 0 Å². The molecule has 0 heterocycles. The largest absolute Gasteiger partial charge is 0.544 e. The number of carbonyl (C=O) groups is 1. The number of carbonyl (C=O) groups excluding carboxylic acids is 1. The van der Waals surface area contributed by atoms with Gasteiger partial charge in [0.05, 0.1) is 6.61 Å². The molecular formula is C7H13NO4S. The summed E-state index contributed by atoms with van der Waals surface area (Å²) in [5.74, 6) is -1.18. The van der Waals surface area contributed by atoms with E-state index in [0.29, 0.717) is 0 Å². The molecule has 4 N–H and O–H groups in total. The van der Waals surface area contributed by atoms with E-state index in [1.165, 1.54) is 11.5 Å². The van der Waals surface area contributed by atoms with Crippen molar-refractivity contribution in [3.8, 4) is 0 Å². The zero-order valence-electron chi connectivity index (χ0n) is 7.01. The van der Waals surface area contributed by atoms with E-state index in [0.717, 1.165) is 0 Å². The first-order valence-corrected chi connectivity index (χ1v) is 4.40. The van der Waals surface area contributed by atoms with E-state index in [2.05, 4.69) is 12.6 Å². The highest BCUT2D eigenvalue weighted by atomic mass is 32.1. The van der Waals surface area contributed by atoms with E-state index in [-0.39, 0.29) is 24.5 Å². The quantitative estimate of drug-likeness (QED) is 0.283. The van der Waals surface area contributed by atoms with Crippen LogP contribution in [0.25, 0.3) is 0 Å². The smallest absolute Gasteiger partial charge is 0.147 e. The van der Waals surface area contributed by atoms with Crippen LogP contribution in [0.15, 0.2) is 12.0 Å². The van der Waals surface area contributed by atoms with Gasteiger partial charge in [0.1, 0.15) is 24.0 Å². The lowest BCUT2D eigenvalue weighted by atomic mass is 10.3. The second-order valence-corrected chi connectivity index (χ2v) is 2.80. The van der Waals surface area contributed by atoms with Crippen LogP contribution >= 0.6 is 12.6 Å². The summed E-state index contributed by atoms with van der Waals surface area (Å²) >= 11 is 3.80. The lowest BCUT2D eigenvalue weighted by Crippen LogP contribution is -2.89. The lowest BCUT2D eigenvalue weighted by Gasteiger charge is -2.10. The number of hydrogen-bond donors (Lipinski definition) is 4. The summed E-state index contributed by atoms with van der Waals surface area (Å²) < 4.78 is 0. The normalized spacial score (nSPS) is 14.2. The van der Waals surface area contributed by atoms with E-state index in [1.807, 2.05) is 0 Å². The van der Waals surface area contributed by atoms with Crippen molar-refractivity contribution in [2.24, 2.45) is 0 Å². The number of aliphatic carboxylic acids is 1. The Balaban J connectivity index is 3.95. The average molecular weight is 207 g/mol. The number of quaternary nitrogens is 1. The summed E-state index contributed by atoms with van der Waals surface area (Å²) in [5.41, 5.74) is 0. The fourth-order valence-corrected chi connectivity index (χ4v) is 0.910. The van der Waals surface area contributed by atoms with Crippen molar-refractivity contribution in [1.82, 2.24) is 0 Å². The minimum Gasteiger partial charge on any atom is -0.544 e. The summed E-state index contributed by atoms with van der Waals surface area (Å²) in [6.07, 6.45) is 1.36. The molecule has 13 heavy (non-hydrogen) atoms. The minimum absolute atomic E-state index is 0.0597. The molecule has 0 saturated heterocycles. The summed E-state index contributed by atoms with van der Waals surface area (Å²) in [4.78, 5) is 10.3. The van der Waals surface area contributed by atoms with Crippen LogP contribution in [0.4, 0.5) is 0 Å². The molecule has 76 valence electrons. The molecule has 0 rings (SSSR count). The van der Waals surface area contributed by atoms with Gasteiger partial charge in [0.25, 0.3) is 0 Å². The molecule has 0 spiro atoms. The van der Waals surface area contributed by atoms with Crippen LogP contribution in [0.2, 0.25) is 0 Å². The second kappa shape index (κ2) is 6.76. The molecule has 0 aromatic heterocycles. The number of carboxylic acids is 1. The Labute approximate surface area is 81.5 Å². The van der Waals surface area contributed by atoms with E-state index in [9.17, 15) is 9.90 Å². The summed E-state index contributed by atoms with van der Waals surface area (Å²) in [7, 11) is 0. The van der Waals surface area contributed by atoms with Crippen LogP contribution in [0.5, 0.6) is 0 Å². The van der Waals surface area contributed by atoms with Gasteiger partial charge in [0.15, 0.2) is 0 Å². The Bertz CT molecular complexity index is 195. The zero-order chi connectivity index (χ0) is 10.3. The number of rotatable bonds is 6. The highest BCUT2D eigenvalue weighted by molar-refractivity contribution is 7.80. The first-order valence-electron chi connectivity index (χ1n) is 3.77. The zero-order valence-corrected chi connectivity index (χ0v) is 7.91. The highest BCUT2D eigenvalue weighted by Gasteiger charge is 2.09. The SMILES string of the molecule is O=C([O-])C(CS)[NH2+]C=C(O)CCO. The van der Waals surface area contributed by atoms with Crippen molar-refractivity contribution >= 4 is 18.6 Å². The second-order valence-electron chi connectivity index (χ2n) is 2.43. The molecule has 0 fully saturated rings. The van der Waals surface area contributed by atoms with Gasteiger partial charge in [0.2, 0.25) is 0 Å². The molecular weight excluding hydrogens is 194 g/mol. The predicted octanol–water partition coefficient (Wildman–Crippen LogP) is -2.62. The van der Waals surface area contributed by atoms with Crippen molar-refractivity contribution in [3.05, 3.63) is 12.0 Å². The van der Waals surface area contributed by atoms with Crippen LogP contribution < -0.4 is 10.4 Å². The Morgan fingerprint density at radius 1 is 1.69 bits per heavy atom. The Hall–Kier alpha value is -0.720. The van der Waals surface area contributed by atoms with Gasteiger partial charge in [-0.1, -0.05) is 0 Å². The third-order valence-corrected chi connectivity index (χ3v) is 1.78. The fourth-order valence-electron chi connectivity index (χ4n) is 0.639. The molecule has 1 unspecified atom stereocenters. The van der Waals surface area contributed by atoms with Crippen molar-refractivity contribution in [3.63, 3.8) is 0 Å². The number of nitrogens with two attached hydrogens (primary N) is 1. The Morgan fingerprint density at radius 2 is 2.31 bits per heavy atom. The van der Waals surface area contributed by atoms with Gasteiger partial charge < -0.3 is 25.4 Å². The van der Waals surface area contributed by atoms with Crippen LogP contribution in [0.3, 0.4) is 0 Å². The number of aliphatic hydroxyl groups is 2. The third kappa shape index (κ3) is 5.51. The molecule has 0 aliphatic carbocycles. The molecule has 0 amide bonds. The van der Waals surface area contributed by atoms with E-state index >= 15 is 0 Å². The molecule has 0 aliphatic heterocycles. The van der Waals surface area contributed by atoms with Crippen molar-refractivity contribution in [2.45, 2.75) is 12.5 Å². The van der Waals surface area contributed by atoms with Crippen molar-refractivity contribution in [1.29, 1.82) is 0 Å². The predicted molar refractivity (Wildman–Crippen MR) is 47.0 cm³/mol. The van der Waals surface area contributed by atoms with Gasteiger partial charge in [-0.2, -0.15) is 12.6 Å². The van der Waals surface area contributed by atoms with Gasteiger partial charge >= 0.3 is 0 Å². The minimum atomic E-state index is -1.23. The summed E-state index contributed by atoms with van der Waals surface area (Å²) in [6, 6.07) is -0.816. The van der Waals surface area contributed by atoms with E-state index < -0.39 is 12.0 Å².